The molecule has 218 valence electrons. The SMILES string of the molecule is CCOC(=O)CN1C(=O)CCN(C(=O)c2ccc(NC(=O)c3ccccc3-c3ccc(C)cc3)c(C)c2)c2ccccc21. The zero-order valence-electron chi connectivity index (χ0n) is 24.4. The zero-order chi connectivity index (χ0) is 30.5. The molecule has 1 aliphatic heterocycles. The summed E-state index contributed by atoms with van der Waals surface area (Å²) in [5, 5.41) is 3.00. The van der Waals surface area contributed by atoms with Crippen LogP contribution in [0.1, 0.15) is 45.2 Å². The van der Waals surface area contributed by atoms with Crippen LogP contribution in [0.3, 0.4) is 0 Å². The first-order valence-corrected chi connectivity index (χ1v) is 14.2. The van der Waals surface area contributed by atoms with Gasteiger partial charge in [-0.3, -0.25) is 24.1 Å². The van der Waals surface area contributed by atoms with E-state index in [0.717, 1.165) is 22.3 Å². The molecular weight excluding hydrogens is 542 g/mol. The van der Waals surface area contributed by atoms with Gasteiger partial charge < -0.3 is 15.0 Å². The van der Waals surface area contributed by atoms with Crippen molar-refractivity contribution >= 4 is 40.8 Å². The minimum atomic E-state index is -0.514. The van der Waals surface area contributed by atoms with E-state index in [0.29, 0.717) is 28.2 Å². The van der Waals surface area contributed by atoms with Crippen LogP contribution in [0.5, 0.6) is 0 Å². The molecule has 1 aliphatic rings. The van der Waals surface area contributed by atoms with Crippen molar-refractivity contribution in [3.8, 4) is 11.1 Å². The van der Waals surface area contributed by atoms with Gasteiger partial charge in [-0.1, -0.05) is 60.2 Å². The lowest BCUT2D eigenvalue weighted by Gasteiger charge is -2.25. The monoisotopic (exact) mass is 575 g/mol. The van der Waals surface area contributed by atoms with Crippen molar-refractivity contribution in [3.63, 3.8) is 0 Å². The highest BCUT2D eigenvalue weighted by Gasteiger charge is 2.31. The van der Waals surface area contributed by atoms with Crippen LogP contribution < -0.4 is 15.1 Å². The van der Waals surface area contributed by atoms with E-state index in [-0.39, 0.29) is 43.8 Å². The summed E-state index contributed by atoms with van der Waals surface area (Å²) in [6.45, 7) is 5.69. The van der Waals surface area contributed by atoms with Gasteiger partial charge in [-0.25, -0.2) is 0 Å². The normalized spacial score (nSPS) is 12.8. The standard InChI is InChI=1S/C35H33N3O5/c1-4-43-33(40)22-38-31-12-8-7-11-30(31)37(20-19-32(38)39)35(42)26-17-18-29(24(3)21-26)36-34(41)28-10-6-5-9-27(28)25-15-13-23(2)14-16-25/h5-18,21H,4,19-20,22H2,1-3H3,(H,36,41). The summed E-state index contributed by atoms with van der Waals surface area (Å²) >= 11 is 0. The van der Waals surface area contributed by atoms with Gasteiger partial charge in [-0.05, 0) is 73.9 Å². The summed E-state index contributed by atoms with van der Waals surface area (Å²) < 4.78 is 5.06. The number of anilines is 3. The van der Waals surface area contributed by atoms with Crippen LogP contribution in [-0.4, -0.2) is 43.4 Å². The number of aryl methyl sites for hydroxylation is 2. The minimum absolute atomic E-state index is 0.0489. The Kier molecular flexibility index (Phi) is 8.66. The van der Waals surface area contributed by atoms with Crippen molar-refractivity contribution in [1.82, 2.24) is 0 Å². The van der Waals surface area contributed by atoms with Gasteiger partial charge in [-0.15, -0.1) is 0 Å². The maximum absolute atomic E-state index is 13.8. The van der Waals surface area contributed by atoms with E-state index in [4.69, 9.17) is 4.74 Å². The van der Waals surface area contributed by atoms with Gasteiger partial charge in [-0.2, -0.15) is 0 Å². The lowest BCUT2D eigenvalue weighted by atomic mass is 9.98. The fourth-order valence-corrected chi connectivity index (χ4v) is 5.19. The Bertz CT molecular complexity index is 1700. The number of hydrogen-bond acceptors (Lipinski definition) is 5. The van der Waals surface area contributed by atoms with Crippen molar-refractivity contribution in [2.75, 3.05) is 34.8 Å². The number of esters is 1. The first-order valence-electron chi connectivity index (χ1n) is 14.2. The number of carbonyl (C=O) groups is 4. The quantitative estimate of drug-likeness (QED) is 0.266. The zero-order valence-corrected chi connectivity index (χ0v) is 24.4. The Morgan fingerprint density at radius 2 is 1.56 bits per heavy atom. The molecule has 5 rings (SSSR count). The van der Waals surface area contributed by atoms with Gasteiger partial charge in [0.2, 0.25) is 5.91 Å². The molecule has 0 aromatic heterocycles. The van der Waals surface area contributed by atoms with Crippen LogP contribution in [-0.2, 0) is 14.3 Å². The maximum Gasteiger partial charge on any atom is 0.326 e. The Morgan fingerprint density at radius 1 is 0.860 bits per heavy atom. The van der Waals surface area contributed by atoms with Gasteiger partial charge in [0.15, 0.2) is 0 Å². The molecular formula is C35H33N3O5. The smallest absolute Gasteiger partial charge is 0.326 e. The highest BCUT2D eigenvalue weighted by Crippen LogP contribution is 2.34. The van der Waals surface area contributed by atoms with Crippen LogP contribution >= 0.6 is 0 Å². The molecule has 4 aromatic rings. The first kappa shape index (κ1) is 29.3. The second kappa shape index (κ2) is 12.7. The van der Waals surface area contributed by atoms with Crippen molar-refractivity contribution in [3.05, 3.63) is 113 Å². The van der Waals surface area contributed by atoms with E-state index in [2.05, 4.69) is 5.32 Å². The second-order valence-electron chi connectivity index (χ2n) is 10.4. The molecule has 0 fully saturated rings. The maximum atomic E-state index is 13.8. The van der Waals surface area contributed by atoms with Gasteiger partial charge in [0.25, 0.3) is 11.8 Å². The van der Waals surface area contributed by atoms with Gasteiger partial charge in [0.1, 0.15) is 6.54 Å². The lowest BCUT2D eigenvalue weighted by molar-refractivity contribution is -0.142. The molecule has 0 saturated heterocycles. The highest BCUT2D eigenvalue weighted by atomic mass is 16.5. The number of carbonyl (C=O) groups excluding carboxylic acids is 4. The Labute approximate surface area is 250 Å². The first-order chi connectivity index (χ1) is 20.8. The third-order valence-electron chi connectivity index (χ3n) is 7.41. The number of rotatable bonds is 7. The summed E-state index contributed by atoms with van der Waals surface area (Å²) in [6, 6.07) is 27.6. The number of ether oxygens (including phenoxy) is 1. The molecule has 1 N–H and O–H groups in total. The third-order valence-corrected chi connectivity index (χ3v) is 7.41. The molecule has 1 heterocycles. The average Bonchev–Trinajstić information content (AvgIpc) is 3.14. The van der Waals surface area contributed by atoms with Crippen LogP contribution in [0.15, 0.2) is 91.0 Å². The molecule has 0 spiro atoms. The van der Waals surface area contributed by atoms with Crippen molar-refractivity contribution < 1.29 is 23.9 Å². The molecule has 3 amide bonds. The molecule has 8 heteroatoms. The fourth-order valence-electron chi connectivity index (χ4n) is 5.19. The van der Waals surface area contributed by atoms with E-state index in [9.17, 15) is 19.2 Å². The molecule has 0 radical (unpaired) electrons. The summed E-state index contributed by atoms with van der Waals surface area (Å²) in [5.74, 6) is -1.32. The lowest BCUT2D eigenvalue weighted by Crippen LogP contribution is -2.36. The predicted molar refractivity (Wildman–Crippen MR) is 167 cm³/mol. The summed E-state index contributed by atoms with van der Waals surface area (Å²) in [6.07, 6.45) is 0.0489. The fraction of sp³-hybridized carbons (Fsp3) is 0.200. The minimum Gasteiger partial charge on any atom is -0.465 e. The average molecular weight is 576 g/mol. The number of nitrogens with one attached hydrogen (secondary N) is 1. The van der Waals surface area contributed by atoms with Crippen LogP contribution in [0.25, 0.3) is 11.1 Å². The highest BCUT2D eigenvalue weighted by molar-refractivity contribution is 6.13. The van der Waals surface area contributed by atoms with E-state index < -0.39 is 5.97 Å². The van der Waals surface area contributed by atoms with E-state index in [1.165, 1.54) is 4.90 Å². The third kappa shape index (κ3) is 6.33. The Hall–Kier alpha value is -5.24. The summed E-state index contributed by atoms with van der Waals surface area (Å²) in [5.41, 5.74) is 6.19. The summed E-state index contributed by atoms with van der Waals surface area (Å²) in [4.78, 5) is 55.4. The molecule has 0 saturated carbocycles. The van der Waals surface area contributed by atoms with Crippen LogP contribution in [0.2, 0.25) is 0 Å². The predicted octanol–water partition coefficient (Wildman–Crippen LogP) is 6.17. The number of hydrogen-bond donors (Lipinski definition) is 1. The Balaban J connectivity index is 1.38. The summed E-state index contributed by atoms with van der Waals surface area (Å²) in [7, 11) is 0. The number of amides is 3. The molecule has 4 aromatic carbocycles. The number of benzene rings is 4. The van der Waals surface area contributed by atoms with E-state index >= 15 is 0 Å². The van der Waals surface area contributed by atoms with Crippen molar-refractivity contribution in [2.45, 2.75) is 27.2 Å². The van der Waals surface area contributed by atoms with Gasteiger partial charge >= 0.3 is 5.97 Å². The van der Waals surface area contributed by atoms with Crippen molar-refractivity contribution in [2.24, 2.45) is 0 Å². The van der Waals surface area contributed by atoms with Crippen LogP contribution in [0.4, 0.5) is 17.1 Å². The van der Waals surface area contributed by atoms with Gasteiger partial charge in [0.05, 0.1) is 18.0 Å². The van der Waals surface area contributed by atoms with Crippen molar-refractivity contribution in [1.29, 1.82) is 0 Å². The second-order valence-corrected chi connectivity index (χ2v) is 10.4. The van der Waals surface area contributed by atoms with Gasteiger partial charge in [0, 0.05) is 29.8 Å². The van der Waals surface area contributed by atoms with E-state index in [1.807, 2.05) is 56.3 Å². The largest absolute Gasteiger partial charge is 0.465 e. The number of nitrogens with zero attached hydrogens (tertiary/aromatic N) is 2. The Morgan fingerprint density at radius 3 is 2.28 bits per heavy atom. The topological polar surface area (TPSA) is 96.0 Å². The number of para-hydroxylation sites is 2. The number of fused-ring (bicyclic) bond motifs is 1. The van der Waals surface area contributed by atoms with Crippen LogP contribution in [0, 0.1) is 13.8 Å². The molecule has 0 aliphatic carbocycles. The molecule has 43 heavy (non-hydrogen) atoms. The molecule has 0 unspecified atom stereocenters. The molecule has 8 nitrogen and oxygen atoms in total. The molecule has 0 atom stereocenters. The van der Waals surface area contributed by atoms with E-state index in [1.54, 1.807) is 60.4 Å². The molecule has 0 bridgehead atoms.